The van der Waals surface area contributed by atoms with Gasteiger partial charge in [0.05, 0.1) is 4.92 Å². The molecule has 2 aliphatic rings. The van der Waals surface area contributed by atoms with Crippen molar-refractivity contribution in [1.29, 1.82) is 0 Å². The lowest BCUT2D eigenvalue weighted by Crippen LogP contribution is -2.48. The van der Waals surface area contributed by atoms with Crippen molar-refractivity contribution in [1.82, 2.24) is 4.90 Å². The molecule has 2 aromatic carbocycles. The first-order valence-corrected chi connectivity index (χ1v) is 9.08. The number of piperidine rings is 1. The van der Waals surface area contributed by atoms with E-state index >= 15 is 0 Å². The summed E-state index contributed by atoms with van der Waals surface area (Å²) in [5, 5.41) is 13.8. The zero-order chi connectivity index (χ0) is 19.1. The van der Waals surface area contributed by atoms with Crippen molar-refractivity contribution >= 4 is 23.1 Å². The van der Waals surface area contributed by atoms with E-state index in [1.54, 1.807) is 12.1 Å². The molecule has 4 rings (SSSR count). The molecule has 1 N–H and O–H groups in total. The quantitative estimate of drug-likeness (QED) is 0.649. The van der Waals surface area contributed by atoms with Gasteiger partial charge in [-0.1, -0.05) is 23.8 Å². The normalized spacial score (nSPS) is 21.5. The Hall–Kier alpha value is -2.93. The van der Waals surface area contributed by atoms with Gasteiger partial charge in [-0.25, -0.2) is 4.79 Å². The van der Waals surface area contributed by atoms with Crippen LogP contribution in [0.15, 0.2) is 42.5 Å². The molecule has 2 unspecified atom stereocenters. The summed E-state index contributed by atoms with van der Waals surface area (Å²) >= 11 is 0. The van der Waals surface area contributed by atoms with Crippen LogP contribution in [-0.4, -0.2) is 42.0 Å². The number of fused-ring (bicyclic) bond motifs is 3. The summed E-state index contributed by atoms with van der Waals surface area (Å²) in [6.45, 7) is 3.92. The van der Waals surface area contributed by atoms with Crippen molar-refractivity contribution in [3.63, 3.8) is 0 Å². The van der Waals surface area contributed by atoms with Gasteiger partial charge in [-0.15, -0.1) is 0 Å². The van der Waals surface area contributed by atoms with Crippen LogP contribution in [0.5, 0.6) is 0 Å². The van der Waals surface area contributed by atoms with E-state index in [-0.39, 0.29) is 23.7 Å². The molecule has 0 radical (unpaired) electrons. The lowest BCUT2D eigenvalue weighted by molar-refractivity contribution is -0.384. The average molecular weight is 366 g/mol. The Morgan fingerprint density at radius 2 is 2.07 bits per heavy atom. The van der Waals surface area contributed by atoms with Crippen LogP contribution in [0, 0.1) is 17.0 Å². The molecule has 0 aliphatic carbocycles. The zero-order valence-electron chi connectivity index (χ0n) is 15.4. The molecule has 1 fully saturated rings. The molecule has 7 heteroatoms. The number of likely N-dealkylation sites (tertiary alicyclic amines) is 1. The highest BCUT2D eigenvalue weighted by Gasteiger charge is 2.44. The van der Waals surface area contributed by atoms with Gasteiger partial charge < -0.3 is 10.2 Å². The fourth-order valence-corrected chi connectivity index (χ4v) is 4.23. The lowest BCUT2D eigenvalue weighted by atomic mass is 9.89. The third-order valence-electron chi connectivity index (χ3n) is 5.48. The van der Waals surface area contributed by atoms with E-state index in [1.807, 2.05) is 17.0 Å². The fraction of sp³-hybridized carbons (Fsp3) is 0.350. The number of anilines is 2. The van der Waals surface area contributed by atoms with Gasteiger partial charge in [0.15, 0.2) is 0 Å². The van der Waals surface area contributed by atoms with Crippen LogP contribution in [0.2, 0.25) is 0 Å². The van der Waals surface area contributed by atoms with E-state index in [2.05, 4.69) is 30.3 Å². The number of amides is 2. The summed E-state index contributed by atoms with van der Waals surface area (Å²) in [5.74, 6) is 0.287. The van der Waals surface area contributed by atoms with Crippen LogP contribution in [0.4, 0.5) is 21.9 Å². The molecule has 0 spiro atoms. The van der Waals surface area contributed by atoms with Crippen molar-refractivity contribution in [2.24, 2.45) is 0 Å². The highest BCUT2D eigenvalue weighted by Crippen LogP contribution is 2.45. The van der Waals surface area contributed by atoms with E-state index in [9.17, 15) is 14.9 Å². The number of likely N-dealkylation sites (N-methyl/N-ethyl adjacent to an activating group) is 1. The maximum atomic E-state index is 13.1. The number of nitro benzene ring substituents is 1. The average Bonchev–Trinajstić information content (AvgIpc) is 2.95. The van der Waals surface area contributed by atoms with Gasteiger partial charge in [-0.05, 0) is 44.6 Å². The van der Waals surface area contributed by atoms with Gasteiger partial charge in [0, 0.05) is 42.0 Å². The van der Waals surface area contributed by atoms with Gasteiger partial charge in [-0.3, -0.25) is 15.0 Å². The number of nitrogens with zero attached hydrogens (tertiary/aromatic N) is 3. The molecular formula is C20H22N4O3. The summed E-state index contributed by atoms with van der Waals surface area (Å²) in [6.07, 6.45) is 0.900. The SMILES string of the molecule is Cc1ccc2c(c1)C1CN(C)CCC1N2C(=O)Nc1cccc([N+](=O)[O-])c1. The van der Waals surface area contributed by atoms with Gasteiger partial charge in [0.25, 0.3) is 5.69 Å². The molecule has 7 nitrogen and oxygen atoms in total. The second-order valence-corrected chi connectivity index (χ2v) is 7.39. The number of benzene rings is 2. The first kappa shape index (κ1) is 17.5. The Morgan fingerprint density at radius 3 is 2.85 bits per heavy atom. The van der Waals surface area contributed by atoms with E-state index in [0.717, 1.165) is 25.2 Å². The number of nitrogens with one attached hydrogen (secondary N) is 1. The Kier molecular flexibility index (Phi) is 4.31. The molecule has 1 saturated heterocycles. The highest BCUT2D eigenvalue weighted by atomic mass is 16.6. The Morgan fingerprint density at radius 1 is 1.26 bits per heavy atom. The van der Waals surface area contributed by atoms with Crippen LogP contribution >= 0.6 is 0 Å². The minimum Gasteiger partial charge on any atom is -0.307 e. The molecule has 27 heavy (non-hydrogen) atoms. The number of nitro groups is 1. The van der Waals surface area contributed by atoms with Gasteiger partial charge in [-0.2, -0.15) is 0 Å². The number of non-ortho nitro benzene ring substituents is 1. The van der Waals surface area contributed by atoms with Crippen molar-refractivity contribution in [2.45, 2.75) is 25.3 Å². The predicted molar refractivity (Wildman–Crippen MR) is 104 cm³/mol. The Bertz CT molecular complexity index is 914. The van der Waals surface area contributed by atoms with Crippen LogP contribution < -0.4 is 10.2 Å². The van der Waals surface area contributed by atoms with E-state index in [1.165, 1.54) is 23.3 Å². The third kappa shape index (κ3) is 3.14. The maximum Gasteiger partial charge on any atom is 0.326 e. The molecule has 140 valence electrons. The first-order valence-electron chi connectivity index (χ1n) is 9.08. The summed E-state index contributed by atoms with van der Waals surface area (Å²) in [6, 6.07) is 12.1. The highest BCUT2D eigenvalue weighted by molar-refractivity contribution is 6.04. The molecule has 2 heterocycles. The molecule has 2 aromatic rings. The van der Waals surface area contributed by atoms with Crippen LogP contribution in [0.1, 0.15) is 23.5 Å². The molecule has 2 atom stereocenters. The standard InChI is InChI=1S/C20H22N4O3/c1-13-6-7-18-16(10-13)17-12-22(2)9-8-19(17)23(18)20(25)21-14-4-3-5-15(11-14)24(26)27/h3-7,10-11,17,19H,8-9,12H2,1-2H3,(H,21,25). The van der Waals surface area contributed by atoms with E-state index in [0.29, 0.717) is 5.69 Å². The van der Waals surface area contributed by atoms with E-state index in [4.69, 9.17) is 0 Å². The van der Waals surface area contributed by atoms with Gasteiger partial charge in [0.1, 0.15) is 0 Å². The number of hydrogen-bond donors (Lipinski definition) is 1. The van der Waals surface area contributed by atoms with Crippen molar-refractivity contribution in [3.8, 4) is 0 Å². The molecule has 0 aromatic heterocycles. The minimum atomic E-state index is -0.462. The minimum absolute atomic E-state index is 0.0394. The molecule has 2 amide bonds. The van der Waals surface area contributed by atoms with Crippen LogP contribution in [-0.2, 0) is 0 Å². The zero-order valence-corrected chi connectivity index (χ0v) is 15.4. The van der Waals surface area contributed by atoms with Crippen molar-refractivity contribution in [3.05, 3.63) is 63.7 Å². The largest absolute Gasteiger partial charge is 0.326 e. The summed E-state index contributed by atoms with van der Waals surface area (Å²) in [7, 11) is 2.11. The van der Waals surface area contributed by atoms with Crippen molar-refractivity contribution < 1.29 is 9.72 Å². The molecule has 0 saturated carbocycles. The summed E-state index contributed by atoms with van der Waals surface area (Å²) in [4.78, 5) is 27.8. The predicted octanol–water partition coefficient (Wildman–Crippen LogP) is 3.74. The van der Waals surface area contributed by atoms with Crippen molar-refractivity contribution in [2.75, 3.05) is 30.4 Å². The Balaban J connectivity index is 1.65. The molecule has 0 bridgehead atoms. The number of rotatable bonds is 2. The number of carbonyl (C=O) groups is 1. The van der Waals surface area contributed by atoms with E-state index < -0.39 is 4.92 Å². The Labute approximate surface area is 157 Å². The molecular weight excluding hydrogens is 344 g/mol. The van der Waals surface area contributed by atoms with Crippen LogP contribution in [0.25, 0.3) is 0 Å². The summed E-state index contributed by atoms with van der Waals surface area (Å²) in [5.41, 5.74) is 3.72. The second kappa shape index (κ2) is 6.66. The van der Waals surface area contributed by atoms with Gasteiger partial charge in [0.2, 0.25) is 0 Å². The topological polar surface area (TPSA) is 78.7 Å². The number of carbonyl (C=O) groups excluding carboxylic acids is 1. The molecule has 2 aliphatic heterocycles. The fourth-order valence-electron chi connectivity index (χ4n) is 4.23. The summed E-state index contributed by atoms with van der Waals surface area (Å²) < 4.78 is 0. The number of urea groups is 1. The first-order chi connectivity index (χ1) is 12.9. The second-order valence-electron chi connectivity index (χ2n) is 7.39. The smallest absolute Gasteiger partial charge is 0.307 e. The lowest BCUT2D eigenvalue weighted by Gasteiger charge is -2.36. The monoisotopic (exact) mass is 366 g/mol. The third-order valence-corrected chi connectivity index (χ3v) is 5.48. The van der Waals surface area contributed by atoms with Crippen LogP contribution in [0.3, 0.4) is 0 Å². The number of hydrogen-bond acceptors (Lipinski definition) is 4. The maximum absolute atomic E-state index is 13.1. The van der Waals surface area contributed by atoms with Gasteiger partial charge >= 0.3 is 6.03 Å². The number of aryl methyl sites for hydroxylation is 1.